The van der Waals surface area contributed by atoms with E-state index in [1.807, 2.05) is 0 Å². The van der Waals surface area contributed by atoms with Crippen molar-refractivity contribution >= 4 is 39.3 Å². The molecular formula is C18H16N2O5S. The monoisotopic (exact) mass is 372 g/mol. The number of anilines is 1. The molecule has 0 aliphatic heterocycles. The molecule has 1 amide bonds. The molecule has 4 rings (SSSR count). The maximum absolute atomic E-state index is 12.5. The van der Waals surface area contributed by atoms with Gasteiger partial charge in [0.25, 0.3) is 0 Å². The summed E-state index contributed by atoms with van der Waals surface area (Å²) in [7, 11) is 1.32. The van der Waals surface area contributed by atoms with Gasteiger partial charge < -0.3 is 14.5 Å². The molecular weight excluding hydrogens is 356 g/mol. The van der Waals surface area contributed by atoms with E-state index >= 15 is 0 Å². The summed E-state index contributed by atoms with van der Waals surface area (Å²) in [5, 5.41) is 3.24. The van der Waals surface area contributed by atoms with Crippen molar-refractivity contribution in [3.8, 4) is 0 Å². The number of aryl methyl sites for hydroxylation is 1. The van der Waals surface area contributed by atoms with Crippen LogP contribution in [0, 0.1) is 0 Å². The van der Waals surface area contributed by atoms with Gasteiger partial charge in [-0.25, -0.2) is 9.59 Å². The predicted molar refractivity (Wildman–Crippen MR) is 96.8 cm³/mol. The highest BCUT2D eigenvalue weighted by atomic mass is 32.1. The topological polar surface area (TPSA) is 90.5 Å². The number of aromatic nitrogens is 1. The second-order valence-electron chi connectivity index (χ2n) is 6.02. The number of oxazole rings is 1. The van der Waals surface area contributed by atoms with Crippen molar-refractivity contribution in [2.24, 2.45) is 0 Å². The number of esters is 1. The predicted octanol–water partition coefficient (Wildman–Crippen LogP) is 2.57. The standard InChI is InChI=1S/C18H16N2O5S/c1-24-17(22)15-10-5-4-8-13(10)26-16(15)19-14(21)9-20-11-6-2-3-7-12(11)25-18(20)23/h2-3,6-7H,4-5,8-9H2,1H3,(H,19,21). The van der Waals surface area contributed by atoms with Crippen LogP contribution in [0.15, 0.2) is 33.5 Å². The van der Waals surface area contributed by atoms with Gasteiger partial charge >= 0.3 is 11.7 Å². The lowest BCUT2D eigenvalue weighted by Gasteiger charge is -2.07. The van der Waals surface area contributed by atoms with Gasteiger partial charge in [-0.3, -0.25) is 9.36 Å². The molecule has 0 fully saturated rings. The fourth-order valence-electron chi connectivity index (χ4n) is 3.28. The molecule has 1 N–H and O–H groups in total. The molecule has 7 nitrogen and oxygen atoms in total. The zero-order chi connectivity index (χ0) is 18.3. The number of amides is 1. The summed E-state index contributed by atoms with van der Waals surface area (Å²) in [5.74, 6) is -1.45. The van der Waals surface area contributed by atoms with Crippen LogP contribution in [0.25, 0.3) is 11.1 Å². The first-order valence-corrected chi connectivity index (χ1v) is 9.01. The van der Waals surface area contributed by atoms with Gasteiger partial charge in [0.05, 0.1) is 18.2 Å². The number of ether oxygens (including phenoxy) is 1. The van der Waals surface area contributed by atoms with E-state index in [9.17, 15) is 14.4 Å². The van der Waals surface area contributed by atoms with Gasteiger partial charge in [-0.2, -0.15) is 0 Å². The average Bonchev–Trinajstić information content (AvgIpc) is 3.28. The zero-order valence-electron chi connectivity index (χ0n) is 14.0. The summed E-state index contributed by atoms with van der Waals surface area (Å²) >= 11 is 1.40. The lowest BCUT2D eigenvalue weighted by Crippen LogP contribution is -2.25. The first-order chi connectivity index (χ1) is 12.6. The molecule has 2 heterocycles. The Hall–Kier alpha value is -2.87. The van der Waals surface area contributed by atoms with Crippen molar-refractivity contribution < 1.29 is 18.7 Å². The average molecular weight is 372 g/mol. The molecule has 26 heavy (non-hydrogen) atoms. The summed E-state index contributed by atoms with van der Waals surface area (Å²) in [6.07, 6.45) is 2.69. The molecule has 1 aliphatic carbocycles. The largest absolute Gasteiger partial charge is 0.465 e. The Balaban J connectivity index is 1.62. The summed E-state index contributed by atoms with van der Waals surface area (Å²) in [6, 6.07) is 6.91. The van der Waals surface area contributed by atoms with Crippen molar-refractivity contribution in [3.05, 3.63) is 50.8 Å². The maximum Gasteiger partial charge on any atom is 0.420 e. The van der Waals surface area contributed by atoms with Crippen molar-refractivity contribution in [2.45, 2.75) is 25.8 Å². The molecule has 0 spiro atoms. The van der Waals surface area contributed by atoms with Crippen molar-refractivity contribution in [2.75, 3.05) is 12.4 Å². The number of fused-ring (bicyclic) bond motifs is 2. The number of nitrogens with zero attached hydrogens (tertiary/aromatic N) is 1. The van der Waals surface area contributed by atoms with Gasteiger partial charge in [0.2, 0.25) is 5.91 Å². The van der Waals surface area contributed by atoms with E-state index in [0.29, 0.717) is 21.7 Å². The zero-order valence-corrected chi connectivity index (χ0v) is 14.9. The summed E-state index contributed by atoms with van der Waals surface area (Å²) in [5.41, 5.74) is 2.37. The summed E-state index contributed by atoms with van der Waals surface area (Å²) < 4.78 is 11.3. The third kappa shape index (κ3) is 2.72. The molecule has 8 heteroatoms. The van der Waals surface area contributed by atoms with Gasteiger partial charge in [0, 0.05) is 4.88 Å². The molecule has 0 atom stereocenters. The van der Waals surface area contributed by atoms with E-state index in [1.54, 1.807) is 24.3 Å². The first-order valence-electron chi connectivity index (χ1n) is 8.19. The number of rotatable bonds is 4. The first kappa shape index (κ1) is 16.6. The van der Waals surface area contributed by atoms with Gasteiger partial charge in [-0.05, 0) is 37.0 Å². The fourth-order valence-corrected chi connectivity index (χ4v) is 4.58. The molecule has 0 saturated carbocycles. The van der Waals surface area contributed by atoms with Gasteiger partial charge in [-0.15, -0.1) is 11.3 Å². The highest BCUT2D eigenvalue weighted by Crippen LogP contribution is 2.39. The van der Waals surface area contributed by atoms with E-state index in [4.69, 9.17) is 9.15 Å². The second kappa shape index (κ2) is 6.45. The van der Waals surface area contributed by atoms with E-state index in [-0.39, 0.29) is 6.54 Å². The van der Waals surface area contributed by atoms with Crippen LogP contribution < -0.4 is 11.1 Å². The molecule has 0 unspecified atom stereocenters. The fraction of sp³-hybridized carbons (Fsp3) is 0.278. The number of carbonyl (C=O) groups is 2. The number of nitrogens with one attached hydrogen (secondary N) is 1. The van der Waals surface area contributed by atoms with Crippen LogP contribution in [-0.4, -0.2) is 23.6 Å². The van der Waals surface area contributed by atoms with Crippen LogP contribution in [-0.2, 0) is 28.9 Å². The minimum absolute atomic E-state index is 0.195. The Labute approximate surface area is 152 Å². The summed E-state index contributed by atoms with van der Waals surface area (Å²) in [6.45, 7) is -0.195. The third-order valence-corrected chi connectivity index (χ3v) is 5.65. The second-order valence-corrected chi connectivity index (χ2v) is 7.13. The quantitative estimate of drug-likeness (QED) is 0.711. The van der Waals surface area contributed by atoms with E-state index in [1.165, 1.54) is 23.0 Å². The smallest absolute Gasteiger partial charge is 0.420 e. The normalized spacial score (nSPS) is 13.0. The number of benzene rings is 1. The molecule has 134 valence electrons. The summed E-state index contributed by atoms with van der Waals surface area (Å²) in [4.78, 5) is 37.8. The molecule has 1 aromatic carbocycles. The molecule has 3 aromatic rings. The Bertz CT molecular complexity index is 1080. The van der Waals surface area contributed by atoms with Crippen LogP contribution in [0.4, 0.5) is 5.00 Å². The van der Waals surface area contributed by atoms with Crippen LogP contribution >= 0.6 is 11.3 Å². The Kier molecular flexibility index (Phi) is 4.12. The van der Waals surface area contributed by atoms with Crippen LogP contribution in [0.2, 0.25) is 0 Å². The number of carbonyl (C=O) groups excluding carboxylic acids is 2. The Morgan fingerprint density at radius 3 is 2.92 bits per heavy atom. The Morgan fingerprint density at radius 2 is 2.12 bits per heavy atom. The molecule has 2 aromatic heterocycles. The number of methoxy groups -OCH3 is 1. The highest BCUT2D eigenvalue weighted by molar-refractivity contribution is 7.17. The van der Waals surface area contributed by atoms with Crippen molar-refractivity contribution in [1.29, 1.82) is 0 Å². The minimum Gasteiger partial charge on any atom is -0.465 e. The minimum atomic E-state index is -0.594. The van der Waals surface area contributed by atoms with Gasteiger partial charge in [0.15, 0.2) is 5.58 Å². The molecule has 0 saturated heterocycles. The number of hydrogen-bond donors (Lipinski definition) is 1. The van der Waals surface area contributed by atoms with Crippen molar-refractivity contribution in [1.82, 2.24) is 4.57 Å². The lowest BCUT2D eigenvalue weighted by atomic mass is 10.1. The number of para-hydroxylation sites is 2. The molecule has 0 radical (unpaired) electrons. The van der Waals surface area contributed by atoms with E-state index in [0.717, 1.165) is 29.7 Å². The van der Waals surface area contributed by atoms with Crippen molar-refractivity contribution in [3.63, 3.8) is 0 Å². The lowest BCUT2D eigenvalue weighted by molar-refractivity contribution is -0.116. The Morgan fingerprint density at radius 1 is 1.31 bits per heavy atom. The number of thiophene rings is 1. The number of hydrogen-bond acceptors (Lipinski definition) is 6. The SMILES string of the molecule is COC(=O)c1c(NC(=O)Cn2c(=O)oc3ccccc32)sc2c1CCC2. The van der Waals surface area contributed by atoms with Gasteiger partial charge in [0.1, 0.15) is 11.5 Å². The van der Waals surface area contributed by atoms with E-state index < -0.39 is 17.6 Å². The maximum atomic E-state index is 12.5. The molecule has 0 bridgehead atoms. The van der Waals surface area contributed by atoms with Crippen LogP contribution in [0.3, 0.4) is 0 Å². The van der Waals surface area contributed by atoms with Crippen LogP contribution in [0.5, 0.6) is 0 Å². The van der Waals surface area contributed by atoms with Gasteiger partial charge in [-0.1, -0.05) is 12.1 Å². The third-order valence-electron chi connectivity index (χ3n) is 4.44. The molecule has 1 aliphatic rings. The van der Waals surface area contributed by atoms with Crippen LogP contribution in [0.1, 0.15) is 27.2 Å². The van der Waals surface area contributed by atoms with E-state index in [2.05, 4.69) is 5.32 Å². The highest BCUT2D eigenvalue weighted by Gasteiger charge is 2.28.